The summed E-state index contributed by atoms with van der Waals surface area (Å²) in [5.41, 5.74) is 3.74. The highest BCUT2D eigenvalue weighted by molar-refractivity contribution is 14.0. The maximum atomic E-state index is 12.1. The number of aliphatic imine (C=N–C) groups is 1. The monoisotopic (exact) mass is 551 g/mol. The summed E-state index contributed by atoms with van der Waals surface area (Å²) in [6.07, 6.45) is 0.819. The molecule has 1 heterocycles. The van der Waals surface area contributed by atoms with Crippen molar-refractivity contribution in [2.24, 2.45) is 4.99 Å². The van der Waals surface area contributed by atoms with Gasteiger partial charge in [0.05, 0.1) is 19.8 Å². The van der Waals surface area contributed by atoms with E-state index in [1.54, 1.807) is 7.05 Å². The van der Waals surface area contributed by atoms with Gasteiger partial charge in [0.15, 0.2) is 5.96 Å². The molecular formula is C24H34IN5O2. The van der Waals surface area contributed by atoms with Gasteiger partial charge in [0.25, 0.3) is 0 Å². The average molecular weight is 551 g/mol. The van der Waals surface area contributed by atoms with Crippen molar-refractivity contribution < 1.29 is 9.53 Å². The summed E-state index contributed by atoms with van der Waals surface area (Å²) in [7, 11) is 1.71. The number of rotatable bonds is 9. The fourth-order valence-corrected chi connectivity index (χ4v) is 3.50. The van der Waals surface area contributed by atoms with E-state index in [-0.39, 0.29) is 36.4 Å². The molecule has 32 heavy (non-hydrogen) atoms. The summed E-state index contributed by atoms with van der Waals surface area (Å²) in [6.45, 7) is 5.88. The van der Waals surface area contributed by atoms with E-state index < -0.39 is 0 Å². The van der Waals surface area contributed by atoms with Crippen LogP contribution in [0.15, 0.2) is 59.6 Å². The van der Waals surface area contributed by atoms with Crippen LogP contribution >= 0.6 is 24.0 Å². The number of morpholine rings is 1. The highest BCUT2D eigenvalue weighted by Crippen LogP contribution is 2.13. The molecule has 0 saturated carbocycles. The van der Waals surface area contributed by atoms with E-state index >= 15 is 0 Å². The Morgan fingerprint density at radius 3 is 2.38 bits per heavy atom. The van der Waals surface area contributed by atoms with Gasteiger partial charge in [0, 0.05) is 39.8 Å². The van der Waals surface area contributed by atoms with E-state index in [9.17, 15) is 4.79 Å². The smallest absolute Gasteiger partial charge is 0.239 e. The van der Waals surface area contributed by atoms with Gasteiger partial charge in [0.2, 0.25) is 5.91 Å². The number of benzene rings is 2. The number of hydrogen-bond acceptors (Lipinski definition) is 4. The quantitative estimate of drug-likeness (QED) is 0.253. The molecule has 1 aliphatic rings. The molecule has 0 aromatic heterocycles. The Bertz CT molecular complexity index is 841. The Hall–Kier alpha value is -2.17. The van der Waals surface area contributed by atoms with E-state index in [0.29, 0.717) is 19.0 Å². The van der Waals surface area contributed by atoms with E-state index in [1.165, 1.54) is 16.7 Å². The molecule has 1 aliphatic heterocycles. The first-order valence-electron chi connectivity index (χ1n) is 10.9. The lowest BCUT2D eigenvalue weighted by Gasteiger charge is -2.27. The summed E-state index contributed by atoms with van der Waals surface area (Å²) in [6, 6.07) is 18.6. The molecule has 0 bridgehead atoms. The number of carbonyl (C=O) groups excluding carboxylic acids is 1. The van der Waals surface area contributed by atoms with Crippen LogP contribution in [0.5, 0.6) is 0 Å². The molecular weight excluding hydrogens is 517 g/mol. The second-order valence-electron chi connectivity index (χ2n) is 7.52. The molecule has 3 rings (SSSR count). The van der Waals surface area contributed by atoms with Crippen molar-refractivity contribution in [3.05, 3.63) is 71.3 Å². The highest BCUT2D eigenvalue weighted by atomic mass is 127. The minimum Gasteiger partial charge on any atom is -0.379 e. The number of carbonyl (C=O) groups is 1. The second-order valence-corrected chi connectivity index (χ2v) is 7.52. The average Bonchev–Trinajstić information content (AvgIpc) is 2.81. The summed E-state index contributed by atoms with van der Waals surface area (Å²) in [5, 5.41) is 9.34. The molecule has 0 aliphatic carbocycles. The minimum atomic E-state index is -0.0494. The predicted octanol–water partition coefficient (Wildman–Crippen LogP) is 2.16. The van der Waals surface area contributed by atoms with Gasteiger partial charge in [-0.15, -0.1) is 24.0 Å². The number of hydrogen-bond donors (Lipinski definition) is 3. The molecule has 1 saturated heterocycles. The number of nitrogens with one attached hydrogen (secondary N) is 3. The van der Waals surface area contributed by atoms with Crippen molar-refractivity contribution in [3.8, 4) is 0 Å². The number of ether oxygens (including phenoxy) is 1. The normalized spacial score (nSPS) is 14.3. The van der Waals surface area contributed by atoms with Gasteiger partial charge in [-0.05, 0) is 23.1 Å². The lowest BCUT2D eigenvalue weighted by atomic mass is 10.1. The lowest BCUT2D eigenvalue weighted by Crippen LogP contribution is -2.43. The largest absolute Gasteiger partial charge is 0.379 e. The van der Waals surface area contributed by atoms with Gasteiger partial charge in [-0.1, -0.05) is 54.6 Å². The molecule has 0 radical (unpaired) electrons. The molecule has 1 amide bonds. The van der Waals surface area contributed by atoms with Crippen LogP contribution in [0.4, 0.5) is 0 Å². The van der Waals surface area contributed by atoms with Gasteiger partial charge in [-0.3, -0.25) is 14.7 Å². The number of guanidine groups is 1. The molecule has 8 heteroatoms. The van der Waals surface area contributed by atoms with Crippen molar-refractivity contribution in [3.63, 3.8) is 0 Å². The van der Waals surface area contributed by atoms with Gasteiger partial charge < -0.3 is 20.7 Å². The minimum absolute atomic E-state index is 0. The zero-order valence-electron chi connectivity index (χ0n) is 18.7. The summed E-state index contributed by atoms with van der Waals surface area (Å²) < 4.78 is 5.44. The van der Waals surface area contributed by atoms with Crippen LogP contribution in [0, 0.1) is 0 Å². The van der Waals surface area contributed by atoms with E-state index in [0.717, 1.165) is 39.3 Å². The molecule has 0 unspecified atom stereocenters. The van der Waals surface area contributed by atoms with Crippen LogP contribution in [0.1, 0.15) is 16.7 Å². The van der Waals surface area contributed by atoms with Crippen LogP contribution in [0.2, 0.25) is 0 Å². The fourth-order valence-electron chi connectivity index (χ4n) is 3.50. The van der Waals surface area contributed by atoms with E-state index in [2.05, 4.69) is 62.2 Å². The zero-order valence-corrected chi connectivity index (χ0v) is 21.0. The van der Waals surface area contributed by atoms with Crippen LogP contribution in [-0.2, 0) is 29.0 Å². The van der Waals surface area contributed by atoms with Gasteiger partial charge in [-0.25, -0.2) is 0 Å². The third-order valence-electron chi connectivity index (χ3n) is 5.28. The Balaban J connectivity index is 0.00000363. The highest BCUT2D eigenvalue weighted by Gasteiger charge is 2.13. The molecule has 2 aromatic rings. The Morgan fingerprint density at radius 1 is 0.969 bits per heavy atom. The van der Waals surface area contributed by atoms with Gasteiger partial charge in [0.1, 0.15) is 0 Å². The van der Waals surface area contributed by atoms with Crippen LogP contribution in [-0.4, -0.2) is 63.2 Å². The van der Waals surface area contributed by atoms with Crippen molar-refractivity contribution in [1.82, 2.24) is 20.9 Å². The molecule has 2 aromatic carbocycles. The van der Waals surface area contributed by atoms with E-state index in [4.69, 9.17) is 4.74 Å². The van der Waals surface area contributed by atoms with Crippen molar-refractivity contribution in [2.45, 2.75) is 19.5 Å². The number of halogens is 1. The summed E-state index contributed by atoms with van der Waals surface area (Å²) in [4.78, 5) is 18.8. The third kappa shape index (κ3) is 9.13. The molecule has 0 spiro atoms. The first kappa shape index (κ1) is 26.1. The van der Waals surface area contributed by atoms with Crippen LogP contribution < -0.4 is 16.0 Å². The van der Waals surface area contributed by atoms with Gasteiger partial charge in [-0.2, -0.15) is 0 Å². The standard InChI is InChI=1S/C24H33N5O2.HI/c1-25-24(28-18-23(30)26-12-11-20-7-3-2-4-8-20)27-17-21-9-5-6-10-22(21)19-29-13-15-31-16-14-29;/h2-10H,11-19H2,1H3,(H,26,30)(H2,25,27,28);1H. The predicted molar refractivity (Wildman–Crippen MR) is 139 cm³/mol. The molecule has 0 atom stereocenters. The Kier molecular flexibility index (Phi) is 12.1. The van der Waals surface area contributed by atoms with Crippen molar-refractivity contribution in [1.29, 1.82) is 0 Å². The van der Waals surface area contributed by atoms with Crippen molar-refractivity contribution in [2.75, 3.05) is 46.4 Å². The van der Waals surface area contributed by atoms with Crippen LogP contribution in [0.25, 0.3) is 0 Å². The summed E-state index contributed by atoms with van der Waals surface area (Å²) in [5.74, 6) is 0.561. The Morgan fingerprint density at radius 2 is 1.66 bits per heavy atom. The first-order chi connectivity index (χ1) is 15.2. The number of nitrogens with zero attached hydrogens (tertiary/aromatic N) is 2. The van der Waals surface area contributed by atoms with Crippen molar-refractivity contribution >= 4 is 35.8 Å². The topological polar surface area (TPSA) is 78.0 Å². The molecule has 174 valence electrons. The molecule has 3 N–H and O–H groups in total. The second kappa shape index (κ2) is 14.8. The SMILES string of the molecule is CN=C(NCC(=O)NCCc1ccccc1)NCc1ccccc1CN1CCOCC1.I. The third-order valence-corrected chi connectivity index (χ3v) is 5.28. The zero-order chi connectivity index (χ0) is 21.7. The summed E-state index contributed by atoms with van der Waals surface area (Å²) >= 11 is 0. The van der Waals surface area contributed by atoms with Gasteiger partial charge >= 0.3 is 0 Å². The Labute approximate surface area is 208 Å². The van der Waals surface area contributed by atoms with Crippen LogP contribution in [0.3, 0.4) is 0 Å². The maximum Gasteiger partial charge on any atom is 0.239 e. The maximum absolute atomic E-state index is 12.1. The molecule has 7 nitrogen and oxygen atoms in total. The first-order valence-corrected chi connectivity index (χ1v) is 10.9. The fraction of sp³-hybridized carbons (Fsp3) is 0.417. The number of amides is 1. The molecule has 1 fully saturated rings. The lowest BCUT2D eigenvalue weighted by molar-refractivity contribution is -0.119. The van der Waals surface area contributed by atoms with E-state index in [1.807, 2.05) is 18.2 Å².